The molecule has 0 saturated carbocycles. The fraction of sp³-hybridized carbons (Fsp3) is 0.625. The summed E-state index contributed by atoms with van der Waals surface area (Å²) in [5, 5.41) is 7.73. The van der Waals surface area contributed by atoms with Gasteiger partial charge < -0.3 is 4.90 Å². The summed E-state index contributed by atoms with van der Waals surface area (Å²) >= 11 is 0. The summed E-state index contributed by atoms with van der Waals surface area (Å²) in [6.45, 7) is 4.24. The molecule has 3 rings (SSSR count). The Labute approximate surface area is 153 Å². The number of halogens is 3. The molecule has 1 aliphatic heterocycles. The maximum absolute atomic E-state index is 12.9. The van der Waals surface area contributed by atoms with Gasteiger partial charge in [-0.05, 0) is 26.7 Å². The Hall–Kier alpha value is -2.59. The molecule has 0 radical (unpaired) electrons. The van der Waals surface area contributed by atoms with Crippen LogP contribution in [0.1, 0.15) is 46.5 Å². The Morgan fingerprint density at radius 1 is 1.11 bits per heavy atom. The molecule has 2 aromatic rings. The van der Waals surface area contributed by atoms with Crippen LogP contribution >= 0.6 is 0 Å². The Morgan fingerprint density at radius 3 is 2.15 bits per heavy atom. The number of alkyl halides is 3. The van der Waals surface area contributed by atoms with Gasteiger partial charge in [-0.15, -0.1) is 5.10 Å². The van der Waals surface area contributed by atoms with Crippen molar-refractivity contribution >= 4 is 5.91 Å². The molecule has 1 aliphatic rings. The number of aromatic nitrogens is 5. The summed E-state index contributed by atoms with van der Waals surface area (Å²) in [5.74, 6) is -1.37. The lowest BCUT2D eigenvalue weighted by molar-refractivity contribution is -0.147. The number of likely N-dealkylation sites (tertiary alicyclic amines) is 1. The Bertz CT molecular complexity index is 931. The minimum absolute atomic E-state index is 0.152. The van der Waals surface area contributed by atoms with Crippen LogP contribution in [0.4, 0.5) is 13.2 Å². The zero-order chi connectivity index (χ0) is 20.1. The fourth-order valence-corrected chi connectivity index (χ4v) is 3.50. The van der Waals surface area contributed by atoms with E-state index < -0.39 is 23.7 Å². The number of carbonyl (C=O) groups excluding carboxylic acids is 1. The summed E-state index contributed by atoms with van der Waals surface area (Å²) in [6, 6.07) is -0.472. The van der Waals surface area contributed by atoms with Crippen LogP contribution in [0.5, 0.6) is 0 Å². The zero-order valence-electron chi connectivity index (χ0n) is 15.5. The number of nitrogens with zero attached hydrogens (tertiary/aromatic N) is 6. The van der Waals surface area contributed by atoms with Crippen molar-refractivity contribution in [1.29, 1.82) is 0 Å². The predicted octanol–water partition coefficient (Wildman–Crippen LogP) is 1.43. The molecule has 0 atom stereocenters. The predicted molar refractivity (Wildman–Crippen MR) is 89.3 cm³/mol. The Balaban J connectivity index is 1.76. The van der Waals surface area contributed by atoms with E-state index >= 15 is 0 Å². The van der Waals surface area contributed by atoms with Crippen molar-refractivity contribution in [3.8, 4) is 0 Å². The van der Waals surface area contributed by atoms with Gasteiger partial charge in [-0.1, -0.05) is 0 Å². The average molecular weight is 386 g/mol. The van der Waals surface area contributed by atoms with Crippen LogP contribution in [0.2, 0.25) is 0 Å². The van der Waals surface area contributed by atoms with Crippen LogP contribution in [-0.2, 0) is 20.3 Å². The topological polar surface area (TPSA) is 78.0 Å². The van der Waals surface area contributed by atoms with E-state index in [0.29, 0.717) is 41.8 Å². The summed E-state index contributed by atoms with van der Waals surface area (Å²) in [4.78, 5) is 26.6. The fourth-order valence-electron chi connectivity index (χ4n) is 3.50. The third-order valence-electron chi connectivity index (χ3n) is 5.08. The highest BCUT2D eigenvalue weighted by Gasteiger charge is 2.39. The van der Waals surface area contributed by atoms with Crippen molar-refractivity contribution < 1.29 is 18.0 Å². The molecule has 0 aliphatic carbocycles. The van der Waals surface area contributed by atoms with Crippen LogP contribution in [-0.4, -0.2) is 48.0 Å². The van der Waals surface area contributed by atoms with E-state index in [2.05, 4.69) is 10.2 Å². The second kappa shape index (κ2) is 6.54. The lowest BCUT2D eigenvalue weighted by atomic mass is 10.0. The number of rotatable bonds is 2. The summed E-state index contributed by atoms with van der Waals surface area (Å²) in [5.41, 5.74) is 1.14. The van der Waals surface area contributed by atoms with Gasteiger partial charge in [-0.2, -0.15) is 18.3 Å². The minimum Gasteiger partial charge on any atom is -0.338 e. The van der Waals surface area contributed by atoms with Gasteiger partial charge in [0, 0.05) is 32.9 Å². The number of carbonyl (C=O) groups is 1. The maximum Gasteiger partial charge on any atom is 0.451 e. The van der Waals surface area contributed by atoms with Crippen LogP contribution in [0.15, 0.2) is 4.79 Å². The van der Waals surface area contributed by atoms with E-state index in [-0.39, 0.29) is 5.91 Å². The molecule has 1 saturated heterocycles. The molecule has 2 aromatic heterocycles. The molecule has 0 unspecified atom stereocenters. The number of hydrogen-bond acceptors (Lipinski definition) is 4. The second-order valence-electron chi connectivity index (χ2n) is 6.80. The van der Waals surface area contributed by atoms with Crippen molar-refractivity contribution in [3.05, 3.63) is 33.3 Å². The summed E-state index contributed by atoms with van der Waals surface area (Å²) in [6.07, 6.45) is -3.97. The molecular weight excluding hydrogens is 365 g/mol. The summed E-state index contributed by atoms with van der Waals surface area (Å²) < 4.78 is 41.9. The lowest BCUT2D eigenvalue weighted by Gasteiger charge is -2.31. The lowest BCUT2D eigenvalue weighted by Crippen LogP contribution is -2.41. The Morgan fingerprint density at radius 2 is 1.70 bits per heavy atom. The van der Waals surface area contributed by atoms with Gasteiger partial charge in [0.25, 0.3) is 5.91 Å². The molecule has 1 amide bonds. The van der Waals surface area contributed by atoms with E-state index in [1.54, 1.807) is 23.6 Å². The largest absolute Gasteiger partial charge is 0.451 e. The maximum atomic E-state index is 12.9. The molecule has 0 bridgehead atoms. The normalized spacial score (nSPS) is 16.2. The molecule has 8 nitrogen and oxygen atoms in total. The Kier molecular flexibility index (Phi) is 4.64. The van der Waals surface area contributed by atoms with Crippen LogP contribution in [0.25, 0.3) is 0 Å². The first-order valence-corrected chi connectivity index (χ1v) is 8.54. The van der Waals surface area contributed by atoms with Gasteiger partial charge >= 0.3 is 11.9 Å². The highest BCUT2D eigenvalue weighted by atomic mass is 19.4. The average Bonchev–Trinajstić information content (AvgIpc) is 3.03. The molecule has 148 valence electrons. The van der Waals surface area contributed by atoms with Crippen molar-refractivity contribution in [3.63, 3.8) is 0 Å². The first-order chi connectivity index (χ1) is 12.5. The molecule has 1 fully saturated rings. The van der Waals surface area contributed by atoms with E-state index in [4.69, 9.17) is 0 Å². The molecule has 27 heavy (non-hydrogen) atoms. The van der Waals surface area contributed by atoms with Crippen molar-refractivity contribution in [1.82, 2.24) is 29.0 Å². The van der Waals surface area contributed by atoms with Crippen LogP contribution in [0.3, 0.4) is 0 Å². The number of piperidine rings is 1. The van der Waals surface area contributed by atoms with Crippen molar-refractivity contribution in [2.45, 2.75) is 38.9 Å². The van der Waals surface area contributed by atoms with Gasteiger partial charge in [0.15, 0.2) is 0 Å². The van der Waals surface area contributed by atoms with Gasteiger partial charge in [0.1, 0.15) is 0 Å². The molecule has 0 aromatic carbocycles. The zero-order valence-corrected chi connectivity index (χ0v) is 15.5. The number of amides is 1. The molecule has 3 heterocycles. The quantitative estimate of drug-likeness (QED) is 0.782. The highest BCUT2D eigenvalue weighted by molar-refractivity contribution is 5.96. The van der Waals surface area contributed by atoms with Gasteiger partial charge in [-0.3, -0.25) is 14.0 Å². The third-order valence-corrected chi connectivity index (χ3v) is 5.08. The van der Waals surface area contributed by atoms with Gasteiger partial charge in [-0.25, -0.2) is 9.48 Å². The van der Waals surface area contributed by atoms with E-state index in [1.165, 1.54) is 0 Å². The molecular formula is C16H21F3N6O2. The van der Waals surface area contributed by atoms with Crippen molar-refractivity contribution in [2.24, 2.45) is 14.1 Å². The second-order valence-corrected chi connectivity index (χ2v) is 6.80. The minimum atomic E-state index is -4.69. The molecule has 0 spiro atoms. The molecule has 11 heteroatoms. The number of hydrogen-bond donors (Lipinski definition) is 0. The van der Waals surface area contributed by atoms with Crippen molar-refractivity contribution in [2.75, 3.05) is 13.1 Å². The van der Waals surface area contributed by atoms with E-state index in [0.717, 1.165) is 17.4 Å². The smallest absolute Gasteiger partial charge is 0.338 e. The standard InChI is InChI=1S/C16H21F3N6O2/c1-9-12(10(2)23(4)20-9)13(26)24-7-5-11(6-8-24)25-15(27)22(3)14(21-25)16(17,18)19/h11H,5-8H2,1-4H3. The first kappa shape index (κ1) is 19.2. The SMILES string of the molecule is Cc1nn(C)c(C)c1C(=O)N1CCC(n2nc(C(F)(F)F)n(C)c2=O)CC1. The van der Waals surface area contributed by atoms with E-state index in [1.807, 2.05) is 6.92 Å². The number of aryl methyl sites for hydroxylation is 2. The summed E-state index contributed by atoms with van der Waals surface area (Å²) in [7, 11) is 2.82. The third kappa shape index (κ3) is 3.26. The monoisotopic (exact) mass is 386 g/mol. The highest BCUT2D eigenvalue weighted by Crippen LogP contribution is 2.28. The molecule has 0 N–H and O–H groups in total. The van der Waals surface area contributed by atoms with Gasteiger partial charge in [0.2, 0.25) is 5.82 Å². The van der Waals surface area contributed by atoms with E-state index in [9.17, 15) is 22.8 Å². The van der Waals surface area contributed by atoms with Crippen LogP contribution in [0, 0.1) is 13.8 Å². The van der Waals surface area contributed by atoms with Crippen LogP contribution < -0.4 is 5.69 Å². The first-order valence-electron chi connectivity index (χ1n) is 8.54. The van der Waals surface area contributed by atoms with Gasteiger partial charge in [0.05, 0.1) is 17.3 Å².